The van der Waals surface area contributed by atoms with Gasteiger partial charge in [0.15, 0.2) is 11.5 Å². The zero-order chi connectivity index (χ0) is 22.8. The average Bonchev–Trinajstić information content (AvgIpc) is 2.67. The maximum atomic E-state index is 11.9. The van der Waals surface area contributed by atoms with E-state index in [0.29, 0.717) is 16.9 Å². The number of aryl methyl sites for hydroxylation is 2. The van der Waals surface area contributed by atoms with Crippen molar-refractivity contribution in [1.82, 2.24) is 9.97 Å². The van der Waals surface area contributed by atoms with Gasteiger partial charge in [0.05, 0.1) is 29.0 Å². The highest BCUT2D eigenvalue weighted by Crippen LogP contribution is 2.29. The minimum atomic E-state index is -4.33. The third-order valence-electron chi connectivity index (χ3n) is 4.73. The van der Waals surface area contributed by atoms with Gasteiger partial charge in [0, 0.05) is 12.0 Å². The zero-order valence-corrected chi connectivity index (χ0v) is 18.2. The fourth-order valence-electron chi connectivity index (χ4n) is 3.24. The maximum absolute atomic E-state index is 11.9. The Hall–Kier alpha value is -2.95. The Bertz CT molecular complexity index is 1270. The van der Waals surface area contributed by atoms with Crippen LogP contribution >= 0.6 is 0 Å². The van der Waals surface area contributed by atoms with Gasteiger partial charge in [0.2, 0.25) is 0 Å². The van der Waals surface area contributed by atoms with E-state index in [1.54, 1.807) is 26.0 Å². The molecule has 0 saturated carbocycles. The first-order valence-corrected chi connectivity index (χ1v) is 11.0. The summed E-state index contributed by atoms with van der Waals surface area (Å²) in [7, 11) is -4.33. The molecule has 0 aliphatic rings. The number of aromatic amines is 1. The first-order valence-electron chi connectivity index (χ1n) is 9.58. The summed E-state index contributed by atoms with van der Waals surface area (Å²) < 4.78 is 43.8. The molecule has 3 rings (SSSR count). The molecule has 3 aromatic rings. The van der Waals surface area contributed by atoms with E-state index in [1.807, 2.05) is 6.92 Å². The number of benzene rings is 2. The fraction of sp³-hybridized carbons (Fsp3) is 0.333. The first-order chi connectivity index (χ1) is 14.6. The molecule has 0 bridgehead atoms. The second-order valence-corrected chi connectivity index (χ2v) is 8.72. The van der Waals surface area contributed by atoms with Crippen molar-refractivity contribution in [1.29, 1.82) is 0 Å². The molecule has 1 heterocycles. The van der Waals surface area contributed by atoms with Crippen molar-refractivity contribution in [2.45, 2.75) is 31.6 Å². The topological polar surface area (TPSA) is 139 Å². The molecular formula is C21H24N2O7S. The Morgan fingerprint density at radius 3 is 2.61 bits per heavy atom. The molecule has 0 spiro atoms. The lowest BCUT2D eigenvalue weighted by molar-refractivity contribution is 0.0909. The van der Waals surface area contributed by atoms with Crippen molar-refractivity contribution < 1.29 is 27.6 Å². The van der Waals surface area contributed by atoms with E-state index in [0.717, 1.165) is 5.56 Å². The number of aromatic nitrogens is 2. The van der Waals surface area contributed by atoms with Crippen LogP contribution in [0.1, 0.15) is 29.8 Å². The molecule has 0 aliphatic carbocycles. The highest BCUT2D eigenvalue weighted by molar-refractivity contribution is 7.85. The van der Waals surface area contributed by atoms with Gasteiger partial charge in [-0.05, 0) is 31.5 Å². The Morgan fingerprint density at radius 1 is 1.16 bits per heavy atom. The number of rotatable bonds is 8. The molecule has 1 aromatic heterocycles. The van der Waals surface area contributed by atoms with Gasteiger partial charge < -0.3 is 19.6 Å². The highest BCUT2D eigenvalue weighted by Gasteiger charge is 2.20. The van der Waals surface area contributed by atoms with Gasteiger partial charge in [-0.3, -0.25) is 9.35 Å². The summed E-state index contributed by atoms with van der Waals surface area (Å²) in [6, 6.07) is 7.49. The van der Waals surface area contributed by atoms with Gasteiger partial charge in [-0.2, -0.15) is 8.42 Å². The molecule has 9 nitrogen and oxygen atoms in total. The summed E-state index contributed by atoms with van der Waals surface area (Å²) in [5.74, 6) is 0.153. The lowest BCUT2D eigenvalue weighted by atomic mass is 10.00. The first kappa shape index (κ1) is 22.7. The molecule has 1 unspecified atom stereocenters. The smallest absolute Gasteiger partial charge is 0.294 e. The van der Waals surface area contributed by atoms with E-state index in [-0.39, 0.29) is 53.1 Å². The van der Waals surface area contributed by atoms with Crippen LogP contribution in [0.5, 0.6) is 11.5 Å². The number of hydrogen-bond donors (Lipinski definition) is 3. The molecule has 0 saturated heterocycles. The Balaban J connectivity index is 1.61. The van der Waals surface area contributed by atoms with E-state index in [2.05, 4.69) is 9.97 Å². The second kappa shape index (κ2) is 9.04. The van der Waals surface area contributed by atoms with Crippen molar-refractivity contribution in [3.05, 3.63) is 57.6 Å². The summed E-state index contributed by atoms with van der Waals surface area (Å²) in [6.07, 6.45) is 0. The number of nitrogens with zero attached hydrogens (tertiary/aromatic N) is 1. The number of phenolic OH excluding ortho intramolecular Hbond substituents is 1. The Labute approximate surface area is 179 Å². The minimum absolute atomic E-state index is 0.118. The maximum Gasteiger partial charge on any atom is 0.294 e. The number of fused-ring (bicyclic) bond motifs is 1. The van der Waals surface area contributed by atoms with Crippen LogP contribution in [0.2, 0.25) is 0 Å². The molecule has 0 amide bonds. The molecular weight excluding hydrogens is 424 g/mol. The highest BCUT2D eigenvalue weighted by atomic mass is 32.2. The molecule has 0 aliphatic heterocycles. The van der Waals surface area contributed by atoms with Crippen LogP contribution in [-0.2, 0) is 14.9 Å². The lowest BCUT2D eigenvalue weighted by Gasteiger charge is -2.16. The number of H-pyrrole nitrogens is 1. The fourth-order valence-corrected chi connectivity index (χ4v) is 4.03. The largest absolute Gasteiger partial charge is 0.504 e. The summed E-state index contributed by atoms with van der Waals surface area (Å²) >= 11 is 0. The second-order valence-electron chi connectivity index (χ2n) is 7.33. The predicted molar refractivity (Wildman–Crippen MR) is 114 cm³/mol. The Kier molecular flexibility index (Phi) is 6.63. The van der Waals surface area contributed by atoms with Crippen molar-refractivity contribution in [2.75, 3.05) is 19.8 Å². The molecule has 1 atom stereocenters. The summed E-state index contributed by atoms with van der Waals surface area (Å²) in [5.41, 5.74) is 1.40. The standard InChI is InChI=1S/C21H24N2O7S/c1-12-4-5-20(31(26,27)28)15(8-12)13(2)11-29-6-7-30-19-10-17-16(9-18(19)24)21(25)23-14(3)22-17/h4-5,8-10,13,24H,6-7,11H2,1-3H3,(H,22,23,25)(H,26,27,28). The van der Waals surface area contributed by atoms with Gasteiger partial charge >= 0.3 is 0 Å². The van der Waals surface area contributed by atoms with Gasteiger partial charge in [-0.25, -0.2) is 4.98 Å². The van der Waals surface area contributed by atoms with Gasteiger partial charge in [0.1, 0.15) is 12.4 Å². The van der Waals surface area contributed by atoms with Crippen LogP contribution in [0, 0.1) is 13.8 Å². The van der Waals surface area contributed by atoms with Gasteiger partial charge in [-0.15, -0.1) is 0 Å². The van der Waals surface area contributed by atoms with Crippen molar-refractivity contribution in [3.8, 4) is 11.5 Å². The number of nitrogens with one attached hydrogen (secondary N) is 1. The molecule has 3 N–H and O–H groups in total. The average molecular weight is 448 g/mol. The third-order valence-corrected chi connectivity index (χ3v) is 5.66. The number of ether oxygens (including phenoxy) is 2. The summed E-state index contributed by atoms with van der Waals surface area (Å²) in [6.45, 7) is 5.79. The van der Waals surface area contributed by atoms with Crippen LogP contribution in [-0.4, -0.2) is 47.9 Å². The van der Waals surface area contributed by atoms with Gasteiger partial charge in [0.25, 0.3) is 15.7 Å². The van der Waals surface area contributed by atoms with Crippen LogP contribution in [0.4, 0.5) is 0 Å². The summed E-state index contributed by atoms with van der Waals surface area (Å²) in [4.78, 5) is 18.6. The van der Waals surface area contributed by atoms with Gasteiger partial charge in [-0.1, -0.05) is 24.6 Å². The molecule has 2 aromatic carbocycles. The molecule has 166 valence electrons. The van der Waals surface area contributed by atoms with Crippen LogP contribution < -0.4 is 10.3 Å². The van der Waals surface area contributed by atoms with E-state index in [9.17, 15) is 22.9 Å². The third kappa shape index (κ3) is 5.40. The van der Waals surface area contributed by atoms with Crippen molar-refractivity contribution in [2.24, 2.45) is 0 Å². The number of phenols is 1. The molecule has 0 fully saturated rings. The van der Waals surface area contributed by atoms with Crippen LogP contribution in [0.15, 0.2) is 40.0 Å². The number of hydrogen-bond acceptors (Lipinski definition) is 7. The monoisotopic (exact) mass is 448 g/mol. The van der Waals surface area contributed by atoms with E-state index in [4.69, 9.17) is 9.47 Å². The van der Waals surface area contributed by atoms with E-state index < -0.39 is 10.1 Å². The van der Waals surface area contributed by atoms with Crippen molar-refractivity contribution in [3.63, 3.8) is 0 Å². The zero-order valence-electron chi connectivity index (χ0n) is 17.4. The Morgan fingerprint density at radius 2 is 1.90 bits per heavy atom. The van der Waals surface area contributed by atoms with Crippen molar-refractivity contribution >= 4 is 21.0 Å². The van der Waals surface area contributed by atoms with E-state index in [1.165, 1.54) is 18.2 Å². The summed E-state index contributed by atoms with van der Waals surface area (Å²) in [5, 5.41) is 10.4. The normalized spacial score (nSPS) is 12.8. The predicted octanol–water partition coefficient (Wildman–Crippen LogP) is 2.69. The van der Waals surface area contributed by atoms with E-state index >= 15 is 0 Å². The minimum Gasteiger partial charge on any atom is -0.504 e. The molecule has 0 radical (unpaired) electrons. The lowest BCUT2D eigenvalue weighted by Crippen LogP contribution is -2.14. The van der Waals surface area contributed by atoms with Crippen LogP contribution in [0.25, 0.3) is 10.9 Å². The SMILES string of the molecule is Cc1ccc(S(=O)(=O)O)c(C(C)COCCOc2cc3nc(C)[nH]c(=O)c3cc2O)c1. The van der Waals surface area contributed by atoms with Crippen LogP contribution in [0.3, 0.4) is 0 Å². The number of aromatic hydroxyl groups is 1. The molecule has 10 heteroatoms. The molecule has 31 heavy (non-hydrogen) atoms. The quantitative estimate of drug-likeness (QED) is 0.353.